The molecule has 0 radical (unpaired) electrons. The van der Waals surface area contributed by atoms with Gasteiger partial charge < -0.3 is 10.2 Å². The second-order valence-electron chi connectivity index (χ2n) is 6.45. The molecule has 0 saturated carbocycles. The Balaban J connectivity index is 1.62. The predicted octanol–water partition coefficient (Wildman–Crippen LogP) is 4.09. The Labute approximate surface area is 138 Å². The first-order valence-corrected chi connectivity index (χ1v) is 8.51. The molecule has 0 unspecified atom stereocenters. The van der Waals surface area contributed by atoms with Gasteiger partial charge in [0.15, 0.2) is 0 Å². The zero-order chi connectivity index (χ0) is 16.1. The lowest BCUT2D eigenvalue weighted by molar-refractivity contribution is 0.131. The van der Waals surface area contributed by atoms with Crippen LogP contribution in [-0.2, 0) is 13.0 Å². The molecule has 2 N–H and O–H groups in total. The fraction of sp³-hybridized carbons (Fsp3) is 0.400. The third kappa shape index (κ3) is 4.26. The minimum absolute atomic E-state index is 0.326. The summed E-state index contributed by atoms with van der Waals surface area (Å²) in [5.41, 5.74) is 2.29. The van der Waals surface area contributed by atoms with E-state index in [2.05, 4.69) is 4.90 Å². The van der Waals surface area contributed by atoms with E-state index in [0.29, 0.717) is 17.5 Å². The lowest BCUT2D eigenvalue weighted by atomic mass is 9.95. The molecule has 0 aromatic heterocycles. The van der Waals surface area contributed by atoms with E-state index >= 15 is 0 Å². The molecule has 0 amide bonds. The van der Waals surface area contributed by atoms with Crippen LogP contribution in [0.4, 0.5) is 0 Å². The molecule has 1 atom stereocenters. The molecular weight excluding hydrogens is 286 g/mol. The van der Waals surface area contributed by atoms with Crippen LogP contribution in [0, 0.1) is 0 Å². The Bertz CT molecular complexity index is 624. The normalized spacial score (nSPS) is 18.9. The Kier molecular flexibility index (Phi) is 5.19. The molecule has 0 bridgehead atoms. The van der Waals surface area contributed by atoms with Crippen molar-refractivity contribution in [3.05, 3.63) is 59.7 Å². The van der Waals surface area contributed by atoms with Crippen LogP contribution in [-0.4, -0.2) is 27.7 Å². The maximum absolute atomic E-state index is 10.0. The lowest BCUT2D eigenvalue weighted by Crippen LogP contribution is -2.39. The van der Waals surface area contributed by atoms with E-state index in [1.807, 2.05) is 30.3 Å². The van der Waals surface area contributed by atoms with Crippen LogP contribution in [0.25, 0.3) is 0 Å². The van der Waals surface area contributed by atoms with Gasteiger partial charge in [0.05, 0.1) is 0 Å². The van der Waals surface area contributed by atoms with Crippen molar-refractivity contribution in [1.82, 2.24) is 4.90 Å². The van der Waals surface area contributed by atoms with E-state index in [0.717, 1.165) is 31.5 Å². The van der Waals surface area contributed by atoms with Gasteiger partial charge in [-0.1, -0.05) is 36.8 Å². The highest BCUT2D eigenvalue weighted by Gasteiger charge is 2.22. The molecule has 1 aliphatic rings. The largest absolute Gasteiger partial charge is 0.508 e. The molecule has 122 valence electrons. The van der Waals surface area contributed by atoms with Crippen LogP contribution in [0.2, 0.25) is 0 Å². The van der Waals surface area contributed by atoms with Crippen LogP contribution in [0.1, 0.15) is 36.8 Å². The van der Waals surface area contributed by atoms with Gasteiger partial charge in [-0.25, -0.2) is 0 Å². The Hall–Kier alpha value is -2.00. The monoisotopic (exact) mass is 311 g/mol. The second kappa shape index (κ2) is 7.51. The summed E-state index contributed by atoms with van der Waals surface area (Å²) in [6.07, 6.45) is 5.91. The molecular formula is C20H25NO2. The van der Waals surface area contributed by atoms with E-state index in [9.17, 15) is 10.2 Å². The zero-order valence-electron chi connectivity index (χ0n) is 13.5. The highest BCUT2D eigenvalue weighted by molar-refractivity contribution is 5.31. The summed E-state index contributed by atoms with van der Waals surface area (Å²) in [4.78, 5) is 2.51. The molecule has 1 saturated heterocycles. The average Bonchev–Trinajstić information content (AvgIpc) is 2.57. The number of aromatic hydroxyl groups is 2. The summed E-state index contributed by atoms with van der Waals surface area (Å²) in [6.45, 7) is 1.93. The van der Waals surface area contributed by atoms with Gasteiger partial charge in [0.2, 0.25) is 0 Å². The van der Waals surface area contributed by atoms with Crippen molar-refractivity contribution < 1.29 is 10.2 Å². The molecule has 23 heavy (non-hydrogen) atoms. The number of rotatable bonds is 5. The van der Waals surface area contributed by atoms with Gasteiger partial charge >= 0.3 is 0 Å². The first-order valence-electron chi connectivity index (χ1n) is 8.51. The zero-order valence-corrected chi connectivity index (χ0v) is 13.5. The van der Waals surface area contributed by atoms with E-state index < -0.39 is 0 Å². The number of phenols is 2. The van der Waals surface area contributed by atoms with Crippen molar-refractivity contribution in [3.63, 3.8) is 0 Å². The summed E-state index contributed by atoms with van der Waals surface area (Å²) in [5, 5.41) is 19.4. The Morgan fingerprint density at radius 1 is 0.957 bits per heavy atom. The van der Waals surface area contributed by atoms with Crippen LogP contribution in [0.3, 0.4) is 0 Å². The Morgan fingerprint density at radius 2 is 1.74 bits per heavy atom. The van der Waals surface area contributed by atoms with Crippen molar-refractivity contribution in [2.75, 3.05) is 6.54 Å². The lowest BCUT2D eigenvalue weighted by Gasteiger charge is -2.36. The number of benzene rings is 2. The van der Waals surface area contributed by atoms with Crippen molar-refractivity contribution in [1.29, 1.82) is 0 Å². The highest BCUT2D eigenvalue weighted by atomic mass is 16.3. The van der Waals surface area contributed by atoms with Gasteiger partial charge in [-0.3, -0.25) is 4.90 Å². The number of para-hydroxylation sites is 1. The molecule has 3 rings (SSSR count). The third-order valence-corrected chi connectivity index (χ3v) is 4.82. The fourth-order valence-corrected chi connectivity index (χ4v) is 3.45. The summed E-state index contributed by atoms with van der Waals surface area (Å²) in [5.74, 6) is 0.725. The van der Waals surface area contributed by atoms with E-state index in [-0.39, 0.29) is 0 Å². The number of likely N-dealkylation sites (tertiary alicyclic amines) is 1. The van der Waals surface area contributed by atoms with Crippen molar-refractivity contribution in [2.45, 2.75) is 44.7 Å². The molecule has 1 aliphatic heterocycles. The van der Waals surface area contributed by atoms with Crippen LogP contribution >= 0.6 is 0 Å². The molecule has 0 aliphatic carbocycles. The van der Waals surface area contributed by atoms with Gasteiger partial charge in [-0.05, 0) is 56.0 Å². The van der Waals surface area contributed by atoms with Gasteiger partial charge in [0, 0.05) is 18.2 Å². The van der Waals surface area contributed by atoms with Gasteiger partial charge in [-0.15, -0.1) is 0 Å². The number of phenolic OH excluding ortho intramolecular Hbond substituents is 2. The topological polar surface area (TPSA) is 43.7 Å². The molecule has 1 heterocycles. The minimum Gasteiger partial charge on any atom is -0.508 e. The first kappa shape index (κ1) is 15.9. The quantitative estimate of drug-likeness (QED) is 0.874. The standard InChI is InChI=1S/C20H25NO2/c22-19-12-9-16(10-13-19)8-11-18-6-3-4-14-21(18)15-17-5-1-2-7-20(17)23/h1-2,5,7,9-10,12-13,18,22-23H,3-4,6,8,11,14-15H2/t18-/m1/s1. The van der Waals surface area contributed by atoms with Crippen LogP contribution in [0.15, 0.2) is 48.5 Å². The average molecular weight is 311 g/mol. The molecule has 2 aromatic rings. The highest BCUT2D eigenvalue weighted by Crippen LogP contribution is 2.26. The number of nitrogens with zero attached hydrogens (tertiary/aromatic N) is 1. The van der Waals surface area contributed by atoms with Crippen LogP contribution in [0.5, 0.6) is 11.5 Å². The van der Waals surface area contributed by atoms with E-state index in [1.165, 1.54) is 24.8 Å². The molecule has 0 spiro atoms. The van der Waals surface area contributed by atoms with E-state index in [1.54, 1.807) is 18.2 Å². The molecule has 3 nitrogen and oxygen atoms in total. The van der Waals surface area contributed by atoms with Crippen LogP contribution < -0.4 is 0 Å². The van der Waals surface area contributed by atoms with Crippen molar-refractivity contribution in [3.8, 4) is 11.5 Å². The SMILES string of the molecule is Oc1ccc(CC[C@H]2CCCCN2Cc2ccccc2O)cc1. The molecule has 2 aromatic carbocycles. The first-order chi connectivity index (χ1) is 11.2. The van der Waals surface area contributed by atoms with E-state index in [4.69, 9.17) is 0 Å². The van der Waals surface area contributed by atoms with Gasteiger partial charge in [0.25, 0.3) is 0 Å². The fourth-order valence-electron chi connectivity index (χ4n) is 3.45. The third-order valence-electron chi connectivity index (χ3n) is 4.82. The van der Waals surface area contributed by atoms with Gasteiger partial charge in [0.1, 0.15) is 11.5 Å². The molecule has 3 heteroatoms. The summed E-state index contributed by atoms with van der Waals surface area (Å²) in [6, 6.07) is 15.7. The van der Waals surface area contributed by atoms with Gasteiger partial charge in [-0.2, -0.15) is 0 Å². The Morgan fingerprint density at radius 3 is 2.52 bits per heavy atom. The minimum atomic E-state index is 0.326. The van der Waals surface area contributed by atoms with Crippen molar-refractivity contribution in [2.24, 2.45) is 0 Å². The summed E-state index contributed by atoms with van der Waals surface area (Å²) < 4.78 is 0. The second-order valence-corrected chi connectivity index (χ2v) is 6.45. The maximum atomic E-state index is 10.0. The number of hydrogen-bond acceptors (Lipinski definition) is 3. The predicted molar refractivity (Wildman–Crippen MR) is 92.6 cm³/mol. The maximum Gasteiger partial charge on any atom is 0.120 e. The number of piperidine rings is 1. The number of hydrogen-bond donors (Lipinski definition) is 2. The molecule has 1 fully saturated rings. The van der Waals surface area contributed by atoms with Crippen molar-refractivity contribution >= 4 is 0 Å². The smallest absolute Gasteiger partial charge is 0.120 e. The summed E-state index contributed by atoms with van der Waals surface area (Å²) >= 11 is 0. The number of aryl methyl sites for hydroxylation is 1. The summed E-state index contributed by atoms with van der Waals surface area (Å²) in [7, 11) is 0.